The first-order valence-corrected chi connectivity index (χ1v) is 6.72. The lowest BCUT2D eigenvalue weighted by Crippen LogP contribution is -2.14. The van der Waals surface area contributed by atoms with Crippen LogP contribution in [0.2, 0.25) is 0 Å². The number of fused-ring (bicyclic) bond motifs is 1. The van der Waals surface area contributed by atoms with E-state index in [2.05, 4.69) is 45.7 Å². The second-order valence-corrected chi connectivity index (χ2v) is 5.19. The summed E-state index contributed by atoms with van der Waals surface area (Å²) < 4.78 is 0. The predicted octanol–water partition coefficient (Wildman–Crippen LogP) is 2.45. The van der Waals surface area contributed by atoms with Gasteiger partial charge in [0, 0.05) is 6.54 Å². The van der Waals surface area contributed by atoms with Gasteiger partial charge in [0.05, 0.1) is 5.39 Å². The molecule has 0 bridgehead atoms. The Bertz CT molecular complexity index is 466. The standard InChI is InChI=1S/C12H18N4S/c1-16(2)7-4-3-6-13-11-10-5-8-17-12(10)15-9-14-11/h5,8-9H,3-4,6-7H2,1-2H3,(H,13,14,15). The van der Waals surface area contributed by atoms with Crippen LogP contribution in [0.5, 0.6) is 0 Å². The van der Waals surface area contributed by atoms with E-state index < -0.39 is 0 Å². The summed E-state index contributed by atoms with van der Waals surface area (Å²) in [5.74, 6) is 0.959. The number of unbranched alkanes of at least 4 members (excludes halogenated alkanes) is 1. The number of nitrogens with zero attached hydrogens (tertiary/aromatic N) is 3. The zero-order valence-electron chi connectivity index (χ0n) is 10.3. The van der Waals surface area contributed by atoms with Crippen LogP contribution in [0.4, 0.5) is 5.82 Å². The summed E-state index contributed by atoms with van der Waals surface area (Å²) in [5.41, 5.74) is 0. The molecule has 0 aliphatic rings. The maximum absolute atomic E-state index is 4.29. The van der Waals surface area contributed by atoms with Crippen molar-refractivity contribution in [3.8, 4) is 0 Å². The van der Waals surface area contributed by atoms with Crippen molar-refractivity contribution in [3.05, 3.63) is 17.8 Å². The normalized spacial score (nSPS) is 11.2. The van der Waals surface area contributed by atoms with Crippen LogP contribution >= 0.6 is 11.3 Å². The number of aromatic nitrogens is 2. The number of rotatable bonds is 6. The van der Waals surface area contributed by atoms with Crippen LogP contribution < -0.4 is 5.32 Å². The van der Waals surface area contributed by atoms with Crippen molar-refractivity contribution in [2.75, 3.05) is 32.5 Å². The van der Waals surface area contributed by atoms with E-state index in [4.69, 9.17) is 0 Å². The van der Waals surface area contributed by atoms with Crippen molar-refractivity contribution in [2.45, 2.75) is 12.8 Å². The van der Waals surface area contributed by atoms with Gasteiger partial charge in [-0.05, 0) is 44.9 Å². The topological polar surface area (TPSA) is 41.0 Å². The molecular weight excluding hydrogens is 232 g/mol. The number of hydrogen-bond donors (Lipinski definition) is 1. The van der Waals surface area contributed by atoms with Crippen molar-refractivity contribution >= 4 is 27.4 Å². The van der Waals surface area contributed by atoms with Crippen LogP contribution in [-0.4, -0.2) is 42.1 Å². The fraction of sp³-hybridized carbons (Fsp3) is 0.500. The van der Waals surface area contributed by atoms with Crippen LogP contribution in [0.1, 0.15) is 12.8 Å². The number of thiophene rings is 1. The lowest BCUT2D eigenvalue weighted by atomic mass is 10.3. The number of hydrogen-bond acceptors (Lipinski definition) is 5. The third-order valence-corrected chi connectivity index (χ3v) is 3.41. The first-order valence-electron chi connectivity index (χ1n) is 5.84. The summed E-state index contributed by atoms with van der Waals surface area (Å²) in [5, 5.41) is 6.57. The first kappa shape index (κ1) is 12.3. The average molecular weight is 250 g/mol. The van der Waals surface area contributed by atoms with E-state index in [1.54, 1.807) is 17.7 Å². The van der Waals surface area contributed by atoms with Crippen LogP contribution in [0.15, 0.2) is 17.8 Å². The molecule has 0 atom stereocenters. The molecule has 0 radical (unpaired) electrons. The van der Waals surface area contributed by atoms with Crippen LogP contribution in [-0.2, 0) is 0 Å². The van der Waals surface area contributed by atoms with Gasteiger partial charge in [-0.25, -0.2) is 9.97 Å². The Hall–Kier alpha value is -1.20. The highest BCUT2D eigenvalue weighted by atomic mass is 32.1. The van der Waals surface area contributed by atoms with Crippen molar-refractivity contribution in [2.24, 2.45) is 0 Å². The maximum Gasteiger partial charge on any atom is 0.138 e. The van der Waals surface area contributed by atoms with Gasteiger partial charge in [0.1, 0.15) is 17.0 Å². The quantitative estimate of drug-likeness (QED) is 0.800. The molecule has 0 unspecified atom stereocenters. The maximum atomic E-state index is 4.29. The van der Waals surface area contributed by atoms with Gasteiger partial charge >= 0.3 is 0 Å². The first-order chi connectivity index (χ1) is 8.27. The summed E-state index contributed by atoms with van der Waals surface area (Å²) in [4.78, 5) is 11.8. The summed E-state index contributed by atoms with van der Waals surface area (Å²) >= 11 is 1.65. The number of nitrogens with one attached hydrogen (secondary N) is 1. The molecule has 2 aromatic rings. The molecule has 0 saturated carbocycles. The van der Waals surface area contributed by atoms with Crippen LogP contribution in [0.3, 0.4) is 0 Å². The Kier molecular flexibility index (Phi) is 4.28. The monoisotopic (exact) mass is 250 g/mol. The van der Waals surface area contributed by atoms with Gasteiger partial charge in [-0.1, -0.05) is 0 Å². The Balaban J connectivity index is 1.84. The molecule has 2 aromatic heterocycles. The van der Waals surface area contributed by atoms with E-state index in [9.17, 15) is 0 Å². The van der Waals surface area contributed by atoms with E-state index in [0.29, 0.717) is 0 Å². The van der Waals surface area contributed by atoms with Crippen molar-refractivity contribution < 1.29 is 0 Å². The highest BCUT2D eigenvalue weighted by molar-refractivity contribution is 7.16. The molecule has 4 nitrogen and oxygen atoms in total. The summed E-state index contributed by atoms with van der Waals surface area (Å²) in [6.45, 7) is 2.11. The molecule has 0 spiro atoms. The summed E-state index contributed by atoms with van der Waals surface area (Å²) in [7, 11) is 4.21. The van der Waals surface area contributed by atoms with Crippen molar-refractivity contribution in [1.29, 1.82) is 0 Å². The van der Waals surface area contributed by atoms with E-state index >= 15 is 0 Å². The predicted molar refractivity (Wildman–Crippen MR) is 73.7 cm³/mol. The summed E-state index contributed by atoms with van der Waals surface area (Å²) in [6.07, 6.45) is 3.99. The van der Waals surface area contributed by atoms with Crippen molar-refractivity contribution in [3.63, 3.8) is 0 Å². The van der Waals surface area contributed by atoms with E-state index in [1.807, 2.05) is 0 Å². The molecule has 0 fully saturated rings. The molecule has 0 aliphatic heterocycles. The SMILES string of the molecule is CN(C)CCCCNc1ncnc2sccc12. The van der Waals surface area contributed by atoms with Gasteiger partial charge in [0.15, 0.2) is 0 Å². The fourth-order valence-electron chi connectivity index (χ4n) is 1.69. The average Bonchev–Trinajstić information content (AvgIpc) is 2.77. The smallest absolute Gasteiger partial charge is 0.138 e. The van der Waals surface area contributed by atoms with Gasteiger partial charge in [0.25, 0.3) is 0 Å². The second kappa shape index (κ2) is 5.93. The Morgan fingerprint density at radius 2 is 2.18 bits per heavy atom. The molecule has 2 heterocycles. The lowest BCUT2D eigenvalue weighted by molar-refractivity contribution is 0.396. The van der Waals surface area contributed by atoms with Crippen LogP contribution in [0, 0.1) is 0 Å². The highest BCUT2D eigenvalue weighted by Gasteiger charge is 2.03. The van der Waals surface area contributed by atoms with Crippen LogP contribution in [0.25, 0.3) is 10.2 Å². The zero-order chi connectivity index (χ0) is 12.1. The molecule has 0 aromatic carbocycles. The van der Waals surface area contributed by atoms with Gasteiger partial charge in [-0.2, -0.15) is 0 Å². The lowest BCUT2D eigenvalue weighted by Gasteiger charge is -2.09. The molecule has 2 rings (SSSR count). The fourth-order valence-corrected chi connectivity index (χ4v) is 2.42. The molecule has 17 heavy (non-hydrogen) atoms. The minimum absolute atomic E-state index is 0.959. The molecule has 1 N–H and O–H groups in total. The third-order valence-electron chi connectivity index (χ3n) is 2.59. The third kappa shape index (κ3) is 3.38. The molecular formula is C12H18N4S. The zero-order valence-corrected chi connectivity index (χ0v) is 11.1. The second-order valence-electron chi connectivity index (χ2n) is 4.30. The largest absolute Gasteiger partial charge is 0.369 e. The highest BCUT2D eigenvalue weighted by Crippen LogP contribution is 2.23. The van der Waals surface area contributed by atoms with Gasteiger partial charge in [-0.3, -0.25) is 0 Å². The molecule has 92 valence electrons. The van der Waals surface area contributed by atoms with Gasteiger partial charge < -0.3 is 10.2 Å². The van der Waals surface area contributed by atoms with Crippen molar-refractivity contribution in [1.82, 2.24) is 14.9 Å². The Morgan fingerprint density at radius 1 is 1.29 bits per heavy atom. The van der Waals surface area contributed by atoms with E-state index in [0.717, 1.165) is 35.5 Å². The molecule has 0 saturated heterocycles. The molecule has 5 heteroatoms. The number of anilines is 1. The van der Waals surface area contributed by atoms with E-state index in [-0.39, 0.29) is 0 Å². The minimum atomic E-state index is 0.959. The van der Waals surface area contributed by atoms with Gasteiger partial charge in [0.2, 0.25) is 0 Å². The van der Waals surface area contributed by atoms with Gasteiger partial charge in [-0.15, -0.1) is 11.3 Å². The summed E-state index contributed by atoms with van der Waals surface area (Å²) in [6, 6.07) is 2.07. The molecule has 0 amide bonds. The Labute approximate surface area is 106 Å². The molecule has 0 aliphatic carbocycles. The minimum Gasteiger partial charge on any atom is -0.369 e. The van der Waals surface area contributed by atoms with E-state index in [1.165, 1.54) is 6.42 Å². The Morgan fingerprint density at radius 3 is 3.00 bits per heavy atom.